The molecule has 15 heteroatoms. The number of rotatable bonds is 8. The summed E-state index contributed by atoms with van der Waals surface area (Å²) in [5.41, 5.74) is 1.51. The smallest absolute Gasteiger partial charge is 0.410 e. The SMILES string of the molecule is CCC(C)(CC)OC(=O)N1CCN(C(=O)c2cccc(N=c3cc(Nc4cccc(Cl)c4)nc4c(=Cc5[nH]c(=O)[nH]c5O)cnn34)c2)CC1. The van der Waals surface area contributed by atoms with Crippen molar-refractivity contribution in [2.45, 2.75) is 39.2 Å². The van der Waals surface area contributed by atoms with Gasteiger partial charge in [-0.3, -0.25) is 9.78 Å². The second-order valence-corrected chi connectivity index (χ2v) is 12.4. The van der Waals surface area contributed by atoms with Gasteiger partial charge in [0.25, 0.3) is 5.91 Å². The van der Waals surface area contributed by atoms with Crippen molar-refractivity contribution >= 4 is 52.5 Å². The minimum Gasteiger partial charge on any atom is -0.493 e. The second kappa shape index (κ2) is 13.8. The molecule has 0 radical (unpaired) electrons. The predicted molar refractivity (Wildman–Crippen MR) is 184 cm³/mol. The van der Waals surface area contributed by atoms with E-state index in [4.69, 9.17) is 26.3 Å². The van der Waals surface area contributed by atoms with Crippen molar-refractivity contribution < 1.29 is 19.4 Å². The fourth-order valence-corrected chi connectivity index (χ4v) is 5.55. The number of benzene rings is 2. The van der Waals surface area contributed by atoms with Gasteiger partial charge in [-0.1, -0.05) is 37.6 Å². The number of carbonyl (C=O) groups excluding carboxylic acids is 2. The number of nitrogens with zero attached hydrogens (tertiary/aromatic N) is 6. The summed E-state index contributed by atoms with van der Waals surface area (Å²) < 4.78 is 7.28. The van der Waals surface area contributed by atoms with E-state index in [1.807, 2.05) is 26.8 Å². The van der Waals surface area contributed by atoms with Crippen LogP contribution in [0.4, 0.5) is 22.0 Å². The number of halogens is 1. The molecule has 4 heterocycles. The average Bonchev–Trinajstić information content (AvgIpc) is 3.65. The number of nitrogens with one attached hydrogen (secondary N) is 3. The molecular weight excluding hydrogens is 650 g/mol. The zero-order valence-corrected chi connectivity index (χ0v) is 28.0. The summed E-state index contributed by atoms with van der Waals surface area (Å²) in [4.78, 5) is 55.8. The van der Waals surface area contributed by atoms with Crippen LogP contribution in [-0.4, -0.2) is 83.3 Å². The average molecular weight is 686 g/mol. The Hall–Kier alpha value is -5.63. The molecule has 3 aromatic heterocycles. The summed E-state index contributed by atoms with van der Waals surface area (Å²) in [7, 11) is 0. The molecule has 1 aliphatic rings. The highest BCUT2D eigenvalue weighted by Gasteiger charge is 2.30. The Morgan fingerprint density at radius 2 is 1.80 bits per heavy atom. The molecule has 0 aliphatic carbocycles. The minimum atomic E-state index is -0.558. The fraction of sp³-hybridized carbons (Fsp3) is 0.294. The number of aromatic nitrogens is 5. The van der Waals surface area contributed by atoms with E-state index in [9.17, 15) is 19.5 Å². The Morgan fingerprint density at radius 3 is 2.49 bits per heavy atom. The normalized spacial score (nSPS) is 14.4. The number of imidazole rings is 1. The zero-order valence-electron chi connectivity index (χ0n) is 27.2. The van der Waals surface area contributed by atoms with E-state index in [-0.39, 0.29) is 23.6 Å². The minimum absolute atomic E-state index is 0.165. The van der Waals surface area contributed by atoms with Crippen molar-refractivity contribution in [2.24, 2.45) is 4.99 Å². The quantitative estimate of drug-likeness (QED) is 0.189. The van der Waals surface area contributed by atoms with Crippen molar-refractivity contribution in [1.82, 2.24) is 34.4 Å². The third-order valence-corrected chi connectivity index (χ3v) is 8.84. The van der Waals surface area contributed by atoms with Crippen LogP contribution in [0.3, 0.4) is 0 Å². The molecule has 0 bridgehead atoms. The number of anilines is 2. The van der Waals surface area contributed by atoms with Gasteiger partial charge < -0.3 is 29.9 Å². The lowest BCUT2D eigenvalue weighted by atomic mass is 10.0. The molecule has 1 aliphatic heterocycles. The van der Waals surface area contributed by atoms with Gasteiger partial charge in [0.05, 0.1) is 11.9 Å². The molecule has 6 rings (SSSR count). The van der Waals surface area contributed by atoms with E-state index in [0.29, 0.717) is 70.3 Å². The van der Waals surface area contributed by atoms with Gasteiger partial charge in [-0.05, 0) is 62.2 Å². The van der Waals surface area contributed by atoms with Crippen molar-refractivity contribution in [3.8, 4) is 5.88 Å². The third-order valence-electron chi connectivity index (χ3n) is 8.60. The van der Waals surface area contributed by atoms with Gasteiger partial charge in [-0.25, -0.2) is 19.6 Å². The summed E-state index contributed by atoms with van der Waals surface area (Å²) in [6.45, 7) is 7.43. The molecule has 49 heavy (non-hydrogen) atoms. The van der Waals surface area contributed by atoms with Gasteiger partial charge >= 0.3 is 11.8 Å². The van der Waals surface area contributed by atoms with Crippen LogP contribution >= 0.6 is 11.6 Å². The Morgan fingerprint density at radius 1 is 1.06 bits per heavy atom. The van der Waals surface area contributed by atoms with Gasteiger partial charge in [0.2, 0.25) is 5.88 Å². The largest absolute Gasteiger partial charge is 0.493 e. The lowest BCUT2D eigenvalue weighted by Gasteiger charge is -2.36. The first-order valence-corrected chi connectivity index (χ1v) is 16.3. The molecule has 0 saturated carbocycles. The monoisotopic (exact) mass is 685 g/mol. The van der Waals surface area contributed by atoms with Crippen LogP contribution in [0.2, 0.25) is 5.02 Å². The number of hydrogen-bond donors (Lipinski definition) is 4. The molecule has 14 nitrogen and oxygen atoms in total. The van der Waals surface area contributed by atoms with E-state index in [1.54, 1.807) is 64.4 Å². The first-order valence-electron chi connectivity index (χ1n) is 15.9. The van der Waals surface area contributed by atoms with Gasteiger partial charge in [0.1, 0.15) is 17.1 Å². The molecule has 4 N–H and O–H groups in total. The van der Waals surface area contributed by atoms with Crippen LogP contribution in [0, 0.1) is 0 Å². The number of ether oxygens (including phenoxy) is 1. The molecule has 2 amide bonds. The Labute approximate surface area is 285 Å². The van der Waals surface area contributed by atoms with Crippen LogP contribution in [-0.2, 0) is 4.74 Å². The molecule has 0 unspecified atom stereocenters. The van der Waals surface area contributed by atoms with E-state index >= 15 is 0 Å². The molecule has 1 saturated heterocycles. The molecule has 0 atom stereocenters. The first-order chi connectivity index (χ1) is 23.5. The maximum absolute atomic E-state index is 13.6. The van der Waals surface area contributed by atoms with Crippen LogP contribution < -0.4 is 21.7 Å². The number of carbonyl (C=O) groups is 2. The highest BCUT2D eigenvalue weighted by molar-refractivity contribution is 6.30. The number of piperazine rings is 1. The van der Waals surface area contributed by atoms with Crippen LogP contribution in [0.5, 0.6) is 5.88 Å². The van der Waals surface area contributed by atoms with Crippen LogP contribution in [0.25, 0.3) is 11.7 Å². The number of amides is 2. The van der Waals surface area contributed by atoms with E-state index in [2.05, 4.69) is 20.4 Å². The summed E-state index contributed by atoms with van der Waals surface area (Å²) in [6.07, 6.45) is 4.17. The lowest BCUT2D eigenvalue weighted by Crippen LogP contribution is -2.52. The summed E-state index contributed by atoms with van der Waals surface area (Å²) in [5, 5.41) is 18.9. The summed E-state index contributed by atoms with van der Waals surface area (Å²) >= 11 is 6.20. The molecule has 1 fully saturated rings. The highest BCUT2D eigenvalue weighted by Crippen LogP contribution is 2.22. The zero-order chi connectivity index (χ0) is 34.7. The maximum Gasteiger partial charge on any atom is 0.410 e. The molecule has 254 valence electrons. The number of hydrogen-bond acceptors (Lipinski definition) is 9. The summed E-state index contributed by atoms with van der Waals surface area (Å²) in [6, 6.07) is 15.8. The highest BCUT2D eigenvalue weighted by atomic mass is 35.5. The standard InChI is InChI=1S/C34H36ClN9O5/c1-4-34(3,5-2)49-33(48)43-14-12-42(13-15-43)31(46)21-8-6-10-24(16-21)38-28-19-27(37-25-11-7-9-23(35)18-25)40-29-22(20-36-44(28)29)17-26-30(45)41-32(47)39-26/h6-11,16-20,37,45H,4-5,12-15H2,1-3H3,(H2,39,41,47). The van der Waals surface area contributed by atoms with Gasteiger partial charge in [-0.2, -0.15) is 9.61 Å². The lowest BCUT2D eigenvalue weighted by molar-refractivity contribution is -0.00976. The fourth-order valence-electron chi connectivity index (χ4n) is 5.36. The van der Waals surface area contributed by atoms with E-state index in [1.165, 1.54) is 10.7 Å². The number of aromatic amines is 2. The number of H-pyrrole nitrogens is 2. The van der Waals surface area contributed by atoms with Crippen LogP contribution in [0.1, 0.15) is 49.7 Å². The maximum atomic E-state index is 13.6. The van der Waals surface area contributed by atoms with Gasteiger partial charge in [0, 0.05) is 53.7 Å². The van der Waals surface area contributed by atoms with Crippen molar-refractivity contribution in [1.29, 1.82) is 0 Å². The number of fused-ring (bicyclic) bond motifs is 1. The Bertz CT molecular complexity index is 2200. The van der Waals surface area contributed by atoms with Crippen molar-refractivity contribution in [3.63, 3.8) is 0 Å². The third kappa shape index (κ3) is 7.44. The Balaban J connectivity index is 1.30. The molecule has 2 aromatic carbocycles. The van der Waals surface area contributed by atoms with Crippen molar-refractivity contribution in [3.05, 3.63) is 98.3 Å². The van der Waals surface area contributed by atoms with E-state index < -0.39 is 11.3 Å². The van der Waals surface area contributed by atoms with Crippen molar-refractivity contribution in [2.75, 3.05) is 31.5 Å². The van der Waals surface area contributed by atoms with Gasteiger partial charge in [-0.15, -0.1) is 0 Å². The molecule has 5 aromatic rings. The van der Waals surface area contributed by atoms with Crippen LogP contribution in [0.15, 0.2) is 70.6 Å². The summed E-state index contributed by atoms with van der Waals surface area (Å²) in [5.74, 6) is -0.0602. The number of aromatic hydroxyl groups is 1. The Kier molecular flexibility index (Phi) is 9.40. The topological polar surface area (TPSA) is 173 Å². The molecular formula is C34H36ClN9O5. The first kappa shape index (κ1) is 33.3. The van der Waals surface area contributed by atoms with E-state index in [0.717, 1.165) is 12.8 Å². The van der Waals surface area contributed by atoms with Gasteiger partial charge in [0.15, 0.2) is 11.1 Å². The second-order valence-electron chi connectivity index (χ2n) is 11.9. The molecule has 0 spiro atoms. The predicted octanol–water partition coefficient (Wildman–Crippen LogP) is 4.10.